The first-order valence-corrected chi connectivity index (χ1v) is 6.15. The molecule has 0 radical (unpaired) electrons. The molecule has 1 rings (SSSR count). The summed E-state index contributed by atoms with van der Waals surface area (Å²) >= 11 is 0. The average molecular weight is 244 g/mol. The van der Waals surface area contributed by atoms with Gasteiger partial charge < -0.3 is 14.9 Å². The Balaban J connectivity index is 2.20. The number of alkyl carbamates (subject to hydrolysis) is 1. The molecular formula is C12H24N2O3. The van der Waals surface area contributed by atoms with E-state index < -0.39 is 5.60 Å². The number of rotatable bonds is 5. The molecule has 1 saturated carbocycles. The molecule has 0 spiro atoms. The predicted molar refractivity (Wildman–Crippen MR) is 65.3 cm³/mol. The number of hydrogen-bond donors (Lipinski definition) is 2. The van der Waals surface area contributed by atoms with Gasteiger partial charge in [0.2, 0.25) is 0 Å². The van der Waals surface area contributed by atoms with Crippen molar-refractivity contribution in [2.75, 3.05) is 13.2 Å². The highest BCUT2D eigenvalue weighted by Crippen LogP contribution is 2.43. The molecule has 0 aliphatic heterocycles. The van der Waals surface area contributed by atoms with E-state index in [2.05, 4.69) is 5.32 Å². The molecule has 3 N–H and O–H groups in total. The van der Waals surface area contributed by atoms with Crippen molar-refractivity contribution in [3.63, 3.8) is 0 Å². The monoisotopic (exact) mass is 244 g/mol. The molecule has 0 bridgehead atoms. The van der Waals surface area contributed by atoms with E-state index in [0.717, 1.165) is 19.3 Å². The van der Waals surface area contributed by atoms with Crippen molar-refractivity contribution in [1.82, 2.24) is 5.32 Å². The molecule has 1 aliphatic carbocycles. The lowest BCUT2D eigenvalue weighted by Gasteiger charge is -2.41. The van der Waals surface area contributed by atoms with Gasteiger partial charge in [-0.2, -0.15) is 0 Å². The first kappa shape index (κ1) is 14.3. The summed E-state index contributed by atoms with van der Waals surface area (Å²) < 4.78 is 5.16. The number of amides is 1. The molecule has 0 atom stereocenters. The van der Waals surface area contributed by atoms with E-state index in [0.29, 0.717) is 13.2 Å². The second kappa shape index (κ2) is 5.69. The number of ether oxygens (including phenoxy) is 1. The molecule has 0 aromatic carbocycles. The van der Waals surface area contributed by atoms with Crippen LogP contribution >= 0.6 is 0 Å². The van der Waals surface area contributed by atoms with Gasteiger partial charge in [-0.05, 0) is 45.4 Å². The third kappa shape index (κ3) is 4.91. The summed E-state index contributed by atoms with van der Waals surface area (Å²) in [5, 5.41) is 2.76. The molecule has 1 amide bonds. The highest BCUT2D eigenvalue weighted by atomic mass is 16.6. The standard InChI is InChI=1S/C12H24N2O3/c1-11(2,3)17-10(15)14-8-7-12(9-16-13)5-4-6-12/h4-9,13H2,1-3H3,(H,14,15). The fraction of sp³-hybridized carbons (Fsp3) is 0.917. The van der Waals surface area contributed by atoms with Gasteiger partial charge >= 0.3 is 6.09 Å². The van der Waals surface area contributed by atoms with Crippen LogP contribution in [0.1, 0.15) is 46.5 Å². The molecule has 100 valence electrons. The summed E-state index contributed by atoms with van der Waals surface area (Å²) in [7, 11) is 0. The summed E-state index contributed by atoms with van der Waals surface area (Å²) in [6, 6.07) is 0. The summed E-state index contributed by atoms with van der Waals surface area (Å²) in [6.45, 7) is 6.73. The lowest BCUT2D eigenvalue weighted by Crippen LogP contribution is -2.40. The van der Waals surface area contributed by atoms with Gasteiger partial charge in [-0.25, -0.2) is 10.7 Å². The zero-order valence-electron chi connectivity index (χ0n) is 11.0. The Bertz CT molecular complexity index is 257. The number of carbonyl (C=O) groups excluding carboxylic acids is 1. The molecule has 0 heterocycles. The molecule has 1 fully saturated rings. The van der Waals surface area contributed by atoms with Crippen LogP contribution in [0.5, 0.6) is 0 Å². The maximum Gasteiger partial charge on any atom is 0.407 e. The molecular weight excluding hydrogens is 220 g/mol. The maximum absolute atomic E-state index is 11.4. The lowest BCUT2D eigenvalue weighted by atomic mass is 9.67. The van der Waals surface area contributed by atoms with Crippen LogP contribution in [0.3, 0.4) is 0 Å². The van der Waals surface area contributed by atoms with Gasteiger partial charge in [-0.3, -0.25) is 0 Å². The molecule has 0 unspecified atom stereocenters. The zero-order valence-corrected chi connectivity index (χ0v) is 11.0. The smallest absolute Gasteiger partial charge is 0.407 e. The summed E-state index contributed by atoms with van der Waals surface area (Å²) in [4.78, 5) is 16.2. The minimum absolute atomic E-state index is 0.170. The van der Waals surface area contributed by atoms with Crippen LogP contribution in [-0.2, 0) is 9.57 Å². The topological polar surface area (TPSA) is 73.6 Å². The molecule has 0 aromatic rings. The van der Waals surface area contributed by atoms with E-state index in [1.54, 1.807) is 0 Å². The highest BCUT2D eigenvalue weighted by Gasteiger charge is 2.36. The van der Waals surface area contributed by atoms with E-state index in [9.17, 15) is 4.79 Å². The van der Waals surface area contributed by atoms with E-state index in [1.165, 1.54) is 6.42 Å². The Hall–Kier alpha value is -0.810. The van der Waals surface area contributed by atoms with Crippen LogP contribution in [0, 0.1) is 5.41 Å². The Morgan fingerprint density at radius 1 is 1.41 bits per heavy atom. The fourth-order valence-corrected chi connectivity index (χ4v) is 2.06. The van der Waals surface area contributed by atoms with Gasteiger partial charge in [0.15, 0.2) is 0 Å². The zero-order chi connectivity index (χ0) is 12.9. The molecule has 17 heavy (non-hydrogen) atoms. The predicted octanol–water partition coefficient (Wildman–Crippen LogP) is 1.96. The Labute approximate surface area is 103 Å². The van der Waals surface area contributed by atoms with Crippen LogP contribution in [0.2, 0.25) is 0 Å². The third-order valence-electron chi connectivity index (χ3n) is 3.13. The SMILES string of the molecule is CC(C)(C)OC(=O)NCCC1(CON)CCC1. The highest BCUT2D eigenvalue weighted by molar-refractivity contribution is 5.67. The van der Waals surface area contributed by atoms with Crippen molar-refractivity contribution in [3.8, 4) is 0 Å². The van der Waals surface area contributed by atoms with E-state index in [1.807, 2.05) is 20.8 Å². The van der Waals surface area contributed by atoms with Gasteiger partial charge in [0.05, 0.1) is 6.61 Å². The first-order valence-electron chi connectivity index (χ1n) is 6.15. The summed E-state index contributed by atoms with van der Waals surface area (Å²) in [5.74, 6) is 5.13. The van der Waals surface area contributed by atoms with Crippen LogP contribution in [0.4, 0.5) is 4.79 Å². The first-order chi connectivity index (χ1) is 7.87. The van der Waals surface area contributed by atoms with Crippen LogP contribution in [-0.4, -0.2) is 24.8 Å². The van der Waals surface area contributed by atoms with Crippen molar-refractivity contribution < 1.29 is 14.4 Å². The number of carbonyl (C=O) groups is 1. The molecule has 0 saturated heterocycles. The van der Waals surface area contributed by atoms with Crippen LogP contribution in [0.25, 0.3) is 0 Å². The van der Waals surface area contributed by atoms with Crippen molar-refractivity contribution in [2.45, 2.75) is 52.1 Å². The maximum atomic E-state index is 11.4. The van der Waals surface area contributed by atoms with Crippen molar-refractivity contribution in [3.05, 3.63) is 0 Å². The quantitative estimate of drug-likeness (QED) is 0.725. The van der Waals surface area contributed by atoms with Crippen LogP contribution in [0.15, 0.2) is 0 Å². The van der Waals surface area contributed by atoms with Gasteiger partial charge in [-0.15, -0.1) is 0 Å². The Kier molecular flexibility index (Phi) is 4.77. The molecule has 5 nitrogen and oxygen atoms in total. The fourth-order valence-electron chi connectivity index (χ4n) is 2.06. The largest absolute Gasteiger partial charge is 0.444 e. The van der Waals surface area contributed by atoms with Gasteiger partial charge in [0, 0.05) is 6.54 Å². The van der Waals surface area contributed by atoms with Gasteiger partial charge in [-0.1, -0.05) is 6.42 Å². The van der Waals surface area contributed by atoms with Gasteiger partial charge in [0.25, 0.3) is 0 Å². The minimum atomic E-state index is -0.446. The number of nitrogens with two attached hydrogens (primary N) is 1. The summed E-state index contributed by atoms with van der Waals surface area (Å²) in [5.41, 5.74) is -0.275. The third-order valence-corrected chi connectivity index (χ3v) is 3.13. The van der Waals surface area contributed by atoms with E-state index in [4.69, 9.17) is 15.5 Å². The number of nitrogens with one attached hydrogen (secondary N) is 1. The van der Waals surface area contributed by atoms with E-state index >= 15 is 0 Å². The Morgan fingerprint density at radius 2 is 2.06 bits per heavy atom. The Morgan fingerprint density at radius 3 is 2.47 bits per heavy atom. The van der Waals surface area contributed by atoms with Crippen LogP contribution < -0.4 is 11.2 Å². The number of hydrogen-bond acceptors (Lipinski definition) is 4. The van der Waals surface area contributed by atoms with E-state index in [-0.39, 0.29) is 11.5 Å². The normalized spacial score (nSPS) is 18.4. The molecule has 1 aliphatic rings. The van der Waals surface area contributed by atoms with Crippen molar-refractivity contribution >= 4 is 6.09 Å². The van der Waals surface area contributed by atoms with Gasteiger partial charge in [0.1, 0.15) is 5.60 Å². The molecule has 5 heteroatoms. The van der Waals surface area contributed by atoms with Crippen molar-refractivity contribution in [2.24, 2.45) is 11.3 Å². The second-order valence-electron chi connectivity index (χ2n) is 5.84. The summed E-state index contributed by atoms with van der Waals surface area (Å²) in [6.07, 6.45) is 4.00. The average Bonchev–Trinajstić information content (AvgIpc) is 2.11. The molecule has 0 aromatic heterocycles. The lowest BCUT2D eigenvalue weighted by molar-refractivity contribution is -0.0134. The second-order valence-corrected chi connectivity index (χ2v) is 5.84. The minimum Gasteiger partial charge on any atom is -0.444 e. The van der Waals surface area contributed by atoms with Crippen molar-refractivity contribution in [1.29, 1.82) is 0 Å².